The third-order valence-corrected chi connectivity index (χ3v) is 4.07. The molecule has 2 rings (SSSR count). The highest BCUT2D eigenvalue weighted by molar-refractivity contribution is 5.85. The molecule has 0 aromatic heterocycles. The van der Waals surface area contributed by atoms with Gasteiger partial charge in [-0.1, -0.05) is 19.1 Å². The molecule has 1 aliphatic carbocycles. The van der Waals surface area contributed by atoms with Crippen LogP contribution in [0.4, 0.5) is 4.39 Å². The van der Waals surface area contributed by atoms with E-state index in [9.17, 15) is 19.1 Å². The second-order valence-corrected chi connectivity index (χ2v) is 5.88. The summed E-state index contributed by atoms with van der Waals surface area (Å²) in [5.74, 6) is -1.18. The Morgan fingerprint density at radius 3 is 2.62 bits per heavy atom. The summed E-state index contributed by atoms with van der Waals surface area (Å²) in [4.78, 5) is 25.0. The number of benzene rings is 1. The first-order valence-corrected chi connectivity index (χ1v) is 7.16. The van der Waals surface area contributed by atoms with Crippen molar-refractivity contribution in [2.24, 2.45) is 11.8 Å². The predicted molar refractivity (Wildman–Crippen MR) is 75.9 cm³/mol. The second kappa shape index (κ2) is 6.24. The van der Waals surface area contributed by atoms with Gasteiger partial charge in [-0.15, -0.1) is 0 Å². The van der Waals surface area contributed by atoms with Gasteiger partial charge < -0.3 is 10.0 Å². The van der Waals surface area contributed by atoms with Crippen LogP contribution >= 0.6 is 0 Å². The molecular weight excluding hydrogens is 273 g/mol. The first-order valence-electron chi connectivity index (χ1n) is 7.16. The number of aliphatic carboxylic acids is 1. The highest BCUT2D eigenvalue weighted by Gasteiger charge is 2.37. The number of carboxylic acids is 1. The molecule has 0 spiro atoms. The molecule has 1 saturated carbocycles. The fourth-order valence-corrected chi connectivity index (χ4v) is 2.71. The molecule has 1 aliphatic rings. The Balaban J connectivity index is 2.16. The summed E-state index contributed by atoms with van der Waals surface area (Å²) in [6, 6.07) is 4.99. The maximum atomic E-state index is 13.2. The minimum Gasteiger partial charge on any atom is -0.480 e. The van der Waals surface area contributed by atoms with Gasteiger partial charge in [0.1, 0.15) is 11.9 Å². The molecule has 1 atom stereocenters. The Hall–Kier alpha value is -1.91. The Bertz CT molecular complexity index is 540. The number of nitrogens with zero attached hydrogens (tertiary/aromatic N) is 1. The molecule has 0 heterocycles. The Morgan fingerprint density at radius 1 is 1.43 bits per heavy atom. The fourth-order valence-electron chi connectivity index (χ4n) is 2.71. The van der Waals surface area contributed by atoms with Crippen LogP contribution in [0.15, 0.2) is 24.3 Å². The molecule has 0 bridgehead atoms. The molecule has 0 saturated heterocycles. The van der Waals surface area contributed by atoms with Crippen molar-refractivity contribution in [3.63, 3.8) is 0 Å². The van der Waals surface area contributed by atoms with Gasteiger partial charge >= 0.3 is 5.97 Å². The Morgan fingerprint density at radius 2 is 2.10 bits per heavy atom. The highest BCUT2D eigenvalue weighted by Crippen LogP contribution is 2.35. The minimum atomic E-state index is -1.05. The number of rotatable bonds is 5. The molecule has 5 heteroatoms. The number of carbonyl (C=O) groups is 2. The van der Waals surface area contributed by atoms with Gasteiger partial charge in [0.05, 0.1) is 0 Å². The van der Waals surface area contributed by atoms with Gasteiger partial charge in [-0.05, 0) is 43.4 Å². The summed E-state index contributed by atoms with van der Waals surface area (Å²) < 4.78 is 13.2. The SMILES string of the molecule is CC1CC(C(=O)N(Cc2cccc(F)c2)C(C)C(=O)O)C1. The lowest BCUT2D eigenvalue weighted by Gasteiger charge is -2.37. The summed E-state index contributed by atoms with van der Waals surface area (Å²) in [7, 11) is 0. The summed E-state index contributed by atoms with van der Waals surface area (Å²) in [6.07, 6.45) is 1.59. The van der Waals surface area contributed by atoms with Crippen LogP contribution in [0.3, 0.4) is 0 Å². The van der Waals surface area contributed by atoms with Gasteiger partial charge in [-0.25, -0.2) is 9.18 Å². The minimum absolute atomic E-state index is 0.102. The highest BCUT2D eigenvalue weighted by atomic mass is 19.1. The number of carbonyl (C=O) groups excluding carboxylic acids is 1. The summed E-state index contributed by atoms with van der Waals surface area (Å²) in [5.41, 5.74) is 0.601. The zero-order valence-corrected chi connectivity index (χ0v) is 12.3. The maximum absolute atomic E-state index is 13.2. The number of carboxylic acid groups (broad SMARTS) is 1. The molecule has 1 aromatic rings. The molecule has 1 unspecified atom stereocenters. The van der Waals surface area contributed by atoms with Crippen molar-refractivity contribution in [2.75, 3.05) is 0 Å². The topological polar surface area (TPSA) is 57.6 Å². The van der Waals surface area contributed by atoms with Crippen molar-refractivity contribution in [2.45, 2.75) is 39.3 Å². The quantitative estimate of drug-likeness (QED) is 0.908. The van der Waals surface area contributed by atoms with Gasteiger partial charge in [-0.2, -0.15) is 0 Å². The van der Waals surface area contributed by atoms with Crippen molar-refractivity contribution in [3.8, 4) is 0 Å². The fraction of sp³-hybridized carbons (Fsp3) is 0.500. The van der Waals surface area contributed by atoms with Crippen LogP contribution in [0.1, 0.15) is 32.3 Å². The zero-order chi connectivity index (χ0) is 15.6. The van der Waals surface area contributed by atoms with E-state index in [1.54, 1.807) is 12.1 Å². The molecule has 21 heavy (non-hydrogen) atoms. The van der Waals surface area contributed by atoms with E-state index < -0.39 is 12.0 Å². The van der Waals surface area contributed by atoms with Crippen LogP contribution in [0.2, 0.25) is 0 Å². The monoisotopic (exact) mass is 293 g/mol. The molecule has 0 radical (unpaired) electrons. The smallest absolute Gasteiger partial charge is 0.326 e. The largest absolute Gasteiger partial charge is 0.480 e. The van der Waals surface area contributed by atoms with E-state index in [0.29, 0.717) is 11.5 Å². The lowest BCUT2D eigenvalue weighted by Crippen LogP contribution is -2.48. The van der Waals surface area contributed by atoms with Gasteiger partial charge in [0.25, 0.3) is 0 Å². The molecule has 1 N–H and O–H groups in total. The Labute approximate surface area is 123 Å². The summed E-state index contributed by atoms with van der Waals surface area (Å²) in [5, 5.41) is 9.19. The standard InChI is InChI=1S/C16H20FNO3/c1-10-6-13(7-10)15(19)18(11(2)16(20)21)9-12-4-3-5-14(17)8-12/h3-5,8,10-11,13H,6-7,9H2,1-2H3,(H,20,21). The van der Waals surface area contributed by atoms with Crippen LogP contribution in [-0.2, 0) is 16.1 Å². The lowest BCUT2D eigenvalue weighted by atomic mass is 9.75. The van der Waals surface area contributed by atoms with Crippen molar-refractivity contribution in [1.82, 2.24) is 4.90 Å². The number of hydrogen-bond donors (Lipinski definition) is 1. The number of amides is 1. The maximum Gasteiger partial charge on any atom is 0.326 e. The summed E-state index contributed by atoms with van der Waals surface area (Å²) >= 11 is 0. The van der Waals surface area contributed by atoms with Crippen LogP contribution in [0.5, 0.6) is 0 Å². The first kappa shape index (κ1) is 15.5. The third kappa shape index (κ3) is 3.60. The molecule has 114 valence electrons. The van der Waals surface area contributed by atoms with Crippen molar-refractivity contribution >= 4 is 11.9 Å². The van der Waals surface area contributed by atoms with E-state index in [2.05, 4.69) is 6.92 Å². The van der Waals surface area contributed by atoms with Crippen molar-refractivity contribution < 1.29 is 19.1 Å². The van der Waals surface area contributed by atoms with E-state index >= 15 is 0 Å². The molecule has 0 aliphatic heterocycles. The Kier molecular flexibility index (Phi) is 4.60. The van der Waals surface area contributed by atoms with Crippen LogP contribution in [0, 0.1) is 17.7 Å². The predicted octanol–water partition coefficient (Wildman–Crippen LogP) is 2.67. The van der Waals surface area contributed by atoms with Crippen LogP contribution in [-0.4, -0.2) is 27.9 Å². The number of halogens is 1. The molecule has 4 nitrogen and oxygen atoms in total. The normalized spacial score (nSPS) is 22.2. The van der Waals surface area contributed by atoms with E-state index in [1.807, 2.05) is 0 Å². The van der Waals surface area contributed by atoms with Crippen molar-refractivity contribution in [1.29, 1.82) is 0 Å². The molecular formula is C16H20FNO3. The zero-order valence-electron chi connectivity index (χ0n) is 12.3. The molecule has 1 aromatic carbocycles. The van der Waals surface area contributed by atoms with Crippen molar-refractivity contribution in [3.05, 3.63) is 35.6 Å². The van der Waals surface area contributed by atoms with Crippen LogP contribution < -0.4 is 0 Å². The summed E-state index contributed by atoms with van der Waals surface area (Å²) in [6.45, 7) is 3.68. The first-order chi connectivity index (χ1) is 9.88. The van der Waals surface area contributed by atoms with Gasteiger partial charge in [0.15, 0.2) is 0 Å². The van der Waals surface area contributed by atoms with E-state index in [-0.39, 0.29) is 24.2 Å². The van der Waals surface area contributed by atoms with Crippen LogP contribution in [0.25, 0.3) is 0 Å². The lowest BCUT2D eigenvalue weighted by molar-refractivity contribution is -0.154. The van der Waals surface area contributed by atoms with E-state index in [1.165, 1.54) is 24.0 Å². The second-order valence-electron chi connectivity index (χ2n) is 5.88. The average molecular weight is 293 g/mol. The molecule has 1 amide bonds. The third-order valence-electron chi connectivity index (χ3n) is 4.07. The van der Waals surface area contributed by atoms with Gasteiger partial charge in [-0.3, -0.25) is 4.79 Å². The van der Waals surface area contributed by atoms with Gasteiger partial charge in [0.2, 0.25) is 5.91 Å². The average Bonchev–Trinajstić information content (AvgIpc) is 2.40. The van der Waals surface area contributed by atoms with E-state index in [4.69, 9.17) is 0 Å². The van der Waals surface area contributed by atoms with E-state index in [0.717, 1.165) is 12.8 Å². The van der Waals surface area contributed by atoms with Gasteiger partial charge in [0, 0.05) is 12.5 Å². The number of hydrogen-bond acceptors (Lipinski definition) is 2. The molecule has 1 fully saturated rings.